The van der Waals surface area contributed by atoms with Gasteiger partial charge in [-0.05, 0) is 37.3 Å². The van der Waals surface area contributed by atoms with E-state index in [-0.39, 0.29) is 0 Å². The minimum Gasteiger partial charge on any atom is -0.341 e. The molecular weight excluding hydrogens is 412 g/mol. The normalized spacial score (nSPS) is 11.8. The molecule has 0 aliphatic rings. The summed E-state index contributed by atoms with van der Waals surface area (Å²) < 4.78 is 2.81. The first-order chi connectivity index (χ1) is 12.7. The van der Waals surface area contributed by atoms with Gasteiger partial charge in [0.25, 0.3) is 0 Å². The second kappa shape index (κ2) is 6.07. The summed E-state index contributed by atoms with van der Waals surface area (Å²) in [6.45, 7) is 1.89. The second-order valence-corrected chi connectivity index (χ2v) is 7.80. The number of halogens is 1. The Balaban J connectivity index is 1.57. The van der Waals surface area contributed by atoms with Crippen LogP contribution in [-0.4, -0.2) is 29.5 Å². The Kier molecular flexibility index (Phi) is 3.68. The molecule has 0 bridgehead atoms. The monoisotopic (exact) mass is 424 g/mol. The molecule has 8 heteroatoms. The molecular formula is C18H13BrN6S. The van der Waals surface area contributed by atoms with E-state index in [9.17, 15) is 0 Å². The molecule has 5 aromatic rings. The number of para-hydroxylation sites is 2. The number of rotatable bonds is 3. The molecule has 0 unspecified atom stereocenters. The summed E-state index contributed by atoms with van der Waals surface area (Å²) >= 11 is 5.11. The van der Waals surface area contributed by atoms with E-state index in [1.54, 1.807) is 11.8 Å². The summed E-state index contributed by atoms with van der Waals surface area (Å²) in [5.74, 6) is 2.32. The molecule has 128 valence electrons. The molecule has 1 N–H and O–H groups in total. The number of fused-ring (bicyclic) bond motifs is 4. The van der Waals surface area contributed by atoms with Crippen LogP contribution < -0.4 is 0 Å². The van der Waals surface area contributed by atoms with E-state index in [0.717, 1.165) is 48.9 Å². The highest BCUT2D eigenvalue weighted by molar-refractivity contribution is 9.10. The number of hydrogen-bond acceptors (Lipinski definition) is 5. The van der Waals surface area contributed by atoms with Gasteiger partial charge in [0.05, 0.1) is 22.3 Å². The molecule has 0 aliphatic heterocycles. The van der Waals surface area contributed by atoms with Gasteiger partial charge in [0.15, 0.2) is 10.8 Å². The van der Waals surface area contributed by atoms with Crippen LogP contribution in [0.2, 0.25) is 0 Å². The highest BCUT2D eigenvalue weighted by Gasteiger charge is 2.14. The highest BCUT2D eigenvalue weighted by atomic mass is 79.9. The first-order valence-electron chi connectivity index (χ1n) is 8.06. The largest absolute Gasteiger partial charge is 0.341 e. The number of aromatic nitrogens is 6. The molecule has 2 aromatic carbocycles. The maximum absolute atomic E-state index is 4.79. The lowest BCUT2D eigenvalue weighted by atomic mass is 10.2. The van der Waals surface area contributed by atoms with Crippen LogP contribution in [0.5, 0.6) is 0 Å². The molecule has 6 nitrogen and oxygen atoms in total. The number of nitrogens with zero attached hydrogens (tertiary/aromatic N) is 5. The zero-order valence-corrected chi connectivity index (χ0v) is 16.2. The number of nitrogens with one attached hydrogen (secondary N) is 1. The first kappa shape index (κ1) is 15.8. The van der Waals surface area contributed by atoms with Crippen molar-refractivity contribution in [2.75, 3.05) is 0 Å². The fourth-order valence-electron chi connectivity index (χ4n) is 2.96. The molecule has 0 atom stereocenters. The average molecular weight is 425 g/mol. The van der Waals surface area contributed by atoms with Gasteiger partial charge in [0, 0.05) is 9.86 Å². The average Bonchev–Trinajstić information content (AvgIpc) is 3.22. The molecule has 26 heavy (non-hydrogen) atoms. The smallest absolute Gasteiger partial charge is 0.191 e. The third-order valence-corrected chi connectivity index (χ3v) is 5.52. The fraction of sp³-hybridized carbons (Fsp3) is 0.111. The molecule has 0 spiro atoms. The van der Waals surface area contributed by atoms with Crippen LogP contribution >= 0.6 is 27.7 Å². The van der Waals surface area contributed by atoms with Gasteiger partial charge in [0.1, 0.15) is 11.6 Å². The summed E-state index contributed by atoms with van der Waals surface area (Å²) in [4.78, 5) is 17.4. The lowest BCUT2D eigenvalue weighted by Gasteiger charge is -2.05. The van der Waals surface area contributed by atoms with Crippen molar-refractivity contribution in [3.8, 4) is 0 Å². The van der Waals surface area contributed by atoms with Gasteiger partial charge in [-0.1, -0.05) is 39.8 Å². The third-order valence-electron chi connectivity index (χ3n) is 4.09. The van der Waals surface area contributed by atoms with Crippen molar-refractivity contribution < 1.29 is 0 Å². The van der Waals surface area contributed by atoms with E-state index in [4.69, 9.17) is 4.98 Å². The summed E-state index contributed by atoms with van der Waals surface area (Å²) in [6.07, 6.45) is 0. The summed E-state index contributed by atoms with van der Waals surface area (Å²) in [7, 11) is 0. The number of benzene rings is 2. The van der Waals surface area contributed by atoms with Crippen molar-refractivity contribution in [3.63, 3.8) is 0 Å². The molecule has 0 saturated heterocycles. The van der Waals surface area contributed by atoms with E-state index in [0.29, 0.717) is 5.75 Å². The van der Waals surface area contributed by atoms with E-state index in [2.05, 4.69) is 36.0 Å². The standard InChI is InChI=1S/C18H13BrN6S/c1-10-20-17-12-8-11(19)6-7-13(12)23-18(25(17)24-10)26-9-16-21-14-4-2-3-5-15(14)22-16/h2-8H,9H2,1H3,(H,21,22). The molecule has 0 fully saturated rings. The van der Waals surface area contributed by atoms with Crippen molar-refractivity contribution >= 4 is 55.3 Å². The Morgan fingerprint density at radius 1 is 1.08 bits per heavy atom. The van der Waals surface area contributed by atoms with E-state index < -0.39 is 0 Å². The highest BCUT2D eigenvalue weighted by Crippen LogP contribution is 2.28. The van der Waals surface area contributed by atoms with Crippen molar-refractivity contribution in [2.24, 2.45) is 0 Å². The van der Waals surface area contributed by atoms with Gasteiger partial charge in [-0.25, -0.2) is 15.0 Å². The molecule has 5 rings (SSSR count). The summed E-state index contributed by atoms with van der Waals surface area (Å²) in [5.41, 5.74) is 3.74. The first-order valence-corrected chi connectivity index (χ1v) is 9.84. The zero-order valence-electron chi connectivity index (χ0n) is 13.8. The Morgan fingerprint density at radius 2 is 1.96 bits per heavy atom. The number of hydrogen-bond donors (Lipinski definition) is 1. The van der Waals surface area contributed by atoms with Crippen molar-refractivity contribution in [2.45, 2.75) is 17.8 Å². The van der Waals surface area contributed by atoms with Crippen LogP contribution in [-0.2, 0) is 5.75 Å². The molecule has 0 aliphatic carbocycles. The molecule has 0 radical (unpaired) electrons. The molecule has 3 aromatic heterocycles. The minimum atomic E-state index is 0.678. The topological polar surface area (TPSA) is 71.8 Å². The maximum atomic E-state index is 4.79. The molecule has 3 heterocycles. The van der Waals surface area contributed by atoms with Gasteiger partial charge in [0.2, 0.25) is 0 Å². The maximum Gasteiger partial charge on any atom is 0.191 e. The van der Waals surface area contributed by atoms with E-state index >= 15 is 0 Å². The van der Waals surface area contributed by atoms with Crippen molar-refractivity contribution in [1.82, 2.24) is 29.5 Å². The van der Waals surface area contributed by atoms with Crippen LogP contribution in [0.15, 0.2) is 52.1 Å². The Bertz CT molecular complexity index is 1240. The van der Waals surface area contributed by atoms with Gasteiger partial charge in [-0.3, -0.25) is 0 Å². The van der Waals surface area contributed by atoms with Crippen molar-refractivity contribution in [3.05, 3.63) is 58.6 Å². The molecule has 0 saturated carbocycles. The van der Waals surface area contributed by atoms with E-state index in [1.807, 2.05) is 53.9 Å². The Labute approximate surface area is 161 Å². The van der Waals surface area contributed by atoms with Crippen LogP contribution in [0.4, 0.5) is 0 Å². The lowest BCUT2D eigenvalue weighted by Crippen LogP contribution is -1.99. The van der Waals surface area contributed by atoms with Gasteiger partial charge >= 0.3 is 0 Å². The SMILES string of the molecule is Cc1nc2c3cc(Br)ccc3nc(SCc3nc4ccccc4[nH]3)n2n1. The third kappa shape index (κ3) is 2.65. The number of aromatic amines is 1. The lowest BCUT2D eigenvalue weighted by molar-refractivity contribution is 0.796. The van der Waals surface area contributed by atoms with Gasteiger partial charge in [-0.2, -0.15) is 4.52 Å². The Morgan fingerprint density at radius 3 is 2.85 bits per heavy atom. The number of aryl methyl sites for hydroxylation is 1. The number of imidazole rings is 1. The van der Waals surface area contributed by atoms with Crippen LogP contribution in [0, 0.1) is 6.92 Å². The zero-order chi connectivity index (χ0) is 17.7. The predicted molar refractivity (Wildman–Crippen MR) is 106 cm³/mol. The summed E-state index contributed by atoms with van der Waals surface area (Å²) in [5, 5.41) is 6.31. The van der Waals surface area contributed by atoms with Crippen LogP contribution in [0.25, 0.3) is 27.6 Å². The summed E-state index contributed by atoms with van der Waals surface area (Å²) in [6, 6.07) is 14.0. The van der Waals surface area contributed by atoms with Gasteiger partial charge in [-0.15, -0.1) is 5.10 Å². The number of thioether (sulfide) groups is 1. The minimum absolute atomic E-state index is 0.678. The second-order valence-electron chi connectivity index (χ2n) is 5.94. The fourth-order valence-corrected chi connectivity index (χ4v) is 4.13. The van der Waals surface area contributed by atoms with Crippen molar-refractivity contribution in [1.29, 1.82) is 0 Å². The van der Waals surface area contributed by atoms with Crippen LogP contribution in [0.3, 0.4) is 0 Å². The predicted octanol–water partition coefficient (Wildman–Crippen LogP) is 4.52. The van der Waals surface area contributed by atoms with E-state index in [1.165, 1.54) is 0 Å². The quantitative estimate of drug-likeness (QED) is 0.340. The van der Waals surface area contributed by atoms with Gasteiger partial charge < -0.3 is 4.98 Å². The number of H-pyrrole nitrogens is 1. The molecule has 0 amide bonds. The van der Waals surface area contributed by atoms with Crippen LogP contribution in [0.1, 0.15) is 11.6 Å². The Hall–Kier alpha value is -2.45.